The number of methoxy groups -OCH3 is 1. The molecule has 1 aromatic rings. The number of carbonyl (C=O) groups is 1. The Morgan fingerprint density at radius 3 is 2.71 bits per heavy atom. The molecule has 1 aliphatic heterocycles. The van der Waals surface area contributed by atoms with E-state index in [9.17, 15) is 4.79 Å². The maximum atomic E-state index is 11.7. The van der Waals surface area contributed by atoms with Gasteiger partial charge >= 0.3 is 0 Å². The molecule has 134 valence electrons. The van der Waals surface area contributed by atoms with Gasteiger partial charge in [-0.25, -0.2) is 4.98 Å². The number of carbonyl (C=O) groups excluding carboxylic acids is 1. The predicted octanol–water partition coefficient (Wildman–Crippen LogP) is 0.0757. The lowest BCUT2D eigenvalue weighted by Crippen LogP contribution is -2.46. The third-order valence-electron chi connectivity index (χ3n) is 4.21. The molecule has 2 heterocycles. The van der Waals surface area contributed by atoms with Crippen molar-refractivity contribution in [2.24, 2.45) is 0 Å². The lowest BCUT2D eigenvalue weighted by molar-refractivity contribution is -0.120. The minimum absolute atomic E-state index is 0.0223. The Balaban J connectivity index is 1.71. The number of piperazine rings is 1. The summed E-state index contributed by atoms with van der Waals surface area (Å²) in [5.41, 5.74) is 1.01. The standard InChI is InChI=1S/C17H29N5O2/c1-3-21-7-9-22(10-8-21)16-5-4-15(12-19-16)13-20-17(23)14-18-6-11-24-2/h4-5,12,18H,3,6-11,13-14H2,1-2H3,(H,20,23). The molecule has 1 fully saturated rings. The molecule has 0 aromatic carbocycles. The van der Waals surface area contributed by atoms with Crippen molar-refractivity contribution in [1.82, 2.24) is 20.5 Å². The van der Waals surface area contributed by atoms with Crippen LogP contribution in [0, 0.1) is 0 Å². The largest absolute Gasteiger partial charge is 0.383 e. The van der Waals surface area contributed by atoms with Gasteiger partial charge in [-0.3, -0.25) is 4.79 Å². The lowest BCUT2D eigenvalue weighted by atomic mass is 10.2. The van der Waals surface area contributed by atoms with Gasteiger partial charge in [0.25, 0.3) is 0 Å². The first kappa shape index (κ1) is 18.6. The summed E-state index contributed by atoms with van der Waals surface area (Å²) in [5.74, 6) is 0.993. The lowest BCUT2D eigenvalue weighted by Gasteiger charge is -2.34. The van der Waals surface area contributed by atoms with Crippen molar-refractivity contribution in [2.75, 3.05) is 64.4 Å². The summed E-state index contributed by atoms with van der Waals surface area (Å²) < 4.78 is 4.92. The van der Waals surface area contributed by atoms with Gasteiger partial charge in [0.15, 0.2) is 0 Å². The van der Waals surface area contributed by atoms with Crippen LogP contribution in [0.5, 0.6) is 0 Å². The highest BCUT2D eigenvalue weighted by atomic mass is 16.5. The number of rotatable bonds is 9. The van der Waals surface area contributed by atoms with E-state index in [1.54, 1.807) is 7.11 Å². The number of pyridine rings is 1. The Hall–Kier alpha value is -1.70. The van der Waals surface area contributed by atoms with Crippen molar-refractivity contribution in [3.8, 4) is 0 Å². The SMILES string of the molecule is CCN1CCN(c2ccc(CNC(=O)CNCCOC)cn2)CC1. The second-order valence-corrected chi connectivity index (χ2v) is 5.89. The van der Waals surface area contributed by atoms with E-state index in [1.165, 1.54) is 0 Å². The number of anilines is 1. The summed E-state index contributed by atoms with van der Waals surface area (Å²) in [4.78, 5) is 21.0. The van der Waals surface area contributed by atoms with Gasteiger partial charge in [-0.05, 0) is 18.2 Å². The van der Waals surface area contributed by atoms with Crippen LogP contribution in [0.15, 0.2) is 18.3 Å². The molecule has 0 radical (unpaired) electrons. The summed E-state index contributed by atoms with van der Waals surface area (Å²) in [6, 6.07) is 4.08. The van der Waals surface area contributed by atoms with Crippen molar-refractivity contribution in [3.05, 3.63) is 23.9 Å². The van der Waals surface area contributed by atoms with Crippen LogP contribution in [-0.4, -0.2) is 75.3 Å². The van der Waals surface area contributed by atoms with Gasteiger partial charge in [0.05, 0.1) is 13.2 Å². The van der Waals surface area contributed by atoms with Gasteiger partial charge in [-0.15, -0.1) is 0 Å². The van der Waals surface area contributed by atoms with E-state index in [0.717, 1.165) is 44.1 Å². The van der Waals surface area contributed by atoms with Gasteiger partial charge in [0.1, 0.15) is 5.82 Å². The highest BCUT2D eigenvalue weighted by Gasteiger charge is 2.16. The molecule has 1 amide bonds. The predicted molar refractivity (Wildman–Crippen MR) is 95.2 cm³/mol. The minimum Gasteiger partial charge on any atom is -0.383 e. The molecule has 2 rings (SSSR count). The van der Waals surface area contributed by atoms with Crippen molar-refractivity contribution >= 4 is 11.7 Å². The van der Waals surface area contributed by atoms with Crippen molar-refractivity contribution < 1.29 is 9.53 Å². The molecular formula is C17H29N5O2. The van der Waals surface area contributed by atoms with E-state index in [1.807, 2.05) is 18.3 Å². The molecule has 24 heavy (non-hydrogen) atoms. The average Bonchev–Trinajstić information content (AvgIpc) is 2.64. The van der Waals surface area contributed by atoms with E-state index in [0.29, 0.717) is 26.2 Å². The monoisotopic (exact) mass is 335 g/mol. The first-order chi connectivity index (χ1) is 11.7. The first-order valence-corrected chi connectivity index (χ1v) is 8.61. The third kappa shape index (κ3) is 6.07. The average molecular weight is 335 g/mol. The van der Waals surface area contributed by atoms with Crippen LogP contribution >= 0.6 is 0 Å². The minimum atomic E-state index is -0.0223. The highest BCUT2D eigenvalue weighted by Crippen LogP contribution is 2.13. The van der Waals surface area contributed by atoms with E-state index < -0.39 is 0 Å². The normalized spacial score (nSPS) is 15.5. The van der Waals surface area contributed by atoms with E-state index in [2.05, 4.69) is 32.3 Å². The molecule has 2 N–H and O–H groups in total. The Bertz CT molecular complexity index is 486. The van der Waals surface area contributed by atoms with Crippen molar-refractivity contribution in [3.63, 3.8) is 0 Å². The molecule has 0 bridgehead atoms. The second-order valence-electron chi connectivity index (χ2n) is 5.89. The molecule has 7 nitrogen and oxygen atoms in total. The number of amides is 1. The van der Waals surface area contributed by atoms with E-state index in [4.69, 9.17) is 4.74 Å². The van der Waals surface area contributed by atoms with Gasteiger partial charge in [-0.1, -0.05) is 13.0 Å². The zero-order valence-electron chi connectivity index (χ0n) is 14.8. The molecule has 1 aliphatic rings. The number of nitrogens with one attached hydrogen (secondary N) is 2. The Morgan fingerprint density at radius 2 is 2.08 bits per heavy atom. The summed E-state index contributed by atoms with van der Waals surface area (Å²) in [6.07, 6.45) is 1.85. The van der Waals surface area contributed by atoms with Crippen LogP contribution in [0.25, 0.3) is 0 Å². The zero-order chi connectivity index (χ0) is 17.2. The molecular weight excluding hydrogens is 306 g/mol. The molecule has 0 aliphatic carbocycles. The first-order valence-electron chi connectivity index (χ1n) is 8.61. The molecule has 0 unspecified atom stereocenters. The van der Waals surface area contributed by atoms with Crippen LogP contribution in [-0.2, 0) is 16.1 Å². The molecule has 0 spiro atoms. The van der Waals surface area contributed by atoms with Gasteiger partial charge < -0.3 is 25.2 Å². The topological polar surface area (TPSA) is 69.7 Å². The van der Waals surface area contributed by atoms with Crippen LogP contribution < -0.4 is 15.5 Å². The van der Waals surface area contributed by atoms with Gasteiger partial charge in [-0.2, -0.15) is 0 Å². The van der Waals surface area contributed by atoms with Crippen LogP contribution in [0.4, 0.5) is 5.82 Å². The number of likely N-dealkylation sites (N-methyl/N-ethyl adjacent to an activating group) is 1. The molecule has 1 saturated heterocycles. The molecule has 7 heteroatoms. The van der Waals surface area contributed by atoms with Crippen LogP contribution in [0.2, 0.25) is 0 Å². The van der Waals surface area contributed by atoms with Crippen LogP contribution in [0.1, 0.15) is 12.5 Å². The number of nitrogens with zero attached hydrogens (tertiary/aromatic N) is 3. The fourth-order valence-electron chi connectivity index (χ4n) is 2.64. The third-order valence-corrected chi connectivity index (χ3v) is 4.21. The maximum Gasteiger partial charge on any atom is 0.234 e. The van der Waals surface area contributed by atoms with Gasteiger partial charge in [0.2, 0.25) is 5.91 Å². The summed E-state index contributed by atoms with van der Waals surface area (Å²) >= 11 is 0. The summed E-state index contributed by atoms with van der Waals surface area (Å²) in [5, 5.41) is 5.91. The fraction of sp³-hybridized carbons (Fsp3) is 0.647. The van der Waals surface area contributed by atoms with Crippen molar-refractivity contribution in [1.29, 1.82) is 0 Å². The number of hydrogen-bond donors (Lipinski definition) is 2. The maximum absolute atomic E-state index is 11.7. The fourth-order valence-corrected chi connectivity index (χ4v) is 2.64. The summed E-state index contributed by atoms with van der Waals surface area (Å²) in [7, 11) is 1.64. The highest BCUT2D eigenvalue weighted by molar-refractivity contribution is 5.77. The smallest absolute Gasteiger partial charge is 0.234 e. The zero-order valence-corrected chi connectivity index (χ0v) is 14.8. The molecule has 0 atom stereocenters. The number of hydrogen-bond acceptors (Lipinski definition) is 6. The quantitative estimate of drug-likeness (QED) is 0.623. The van der Waals surface area contributed by atoms with Crippen molar-refractivity contribution in [2.45, 2.75) is 13.5 Å². The second kappa shape index (κ2) is 10.2. The van der Waals surface area contributed by atoms with Crippen LogP contribution in [0.3, 0.4) is 0 Å². The summed E-state index contributed by atoms with van der Waals surface area (Å²) in [6.45, 7) is 9.60. The van der Waals surface area contributed by atoms with E-state index in [-0.39, 0.29) is 5.91 Å². The van der Waals surface area contributed by atoms with Gasteiger partial charge in [0, 0.05) is 52.6 Å². The molecule has 0 saturated carbocycles. The number of ether oxygens (including phenoxy) is 1. The Kier molecular flexibility index (Phi) is 7.94. The molecule has 1 aromatic heterocycles. The number of aromatic nitrogens is 1. The Labute approximate surface area is 144 Å². The van der Waals surface area contributed by atoms with E-state index >= 15 is 0 Å². The Morgan fingerprint density at radius 1 is 1.29 bits per heavy atom.